The SMILES string of the molecule is C1=CC2C3=COC=CC3c3ccccc3C2OC1. The van der Waals surface area contributed by atoms with E-state index in [-0.39, 0.29) is 6.10 Å². The Kier molecular flexibility index (Phi) is 2.17. The Morgan fingerprint density at radius 3 is 2.89 bits per heavy atom. The van der Waals surface area contributed by atoms with Crippen molar-refractivity contribution in [3.8, 4) is 0 Å². The molecule has 18 heavy (non-hydrogen) atoms. The molecule has 2 aliphatic heterocycles. The van der Waals surface area contributed by atoms with Gasteiger partial charge in [0.25, 0.3) is 0 Å². The van der Waals surface area contributed by atoms with E-state index in [1.54, 1.807) is 6.26 Å². The maximum absolute atomic E-state index is 5.95. The van der Waals surface area contributed by atoms with Crippen molar-refractivity contribution < 1.29 is 9.47 Å². The average molecular weight is 238 g/mol. The molecule has 0 radical (unpaired) electrons. The van der Waals surface area contributed by atoms with Crippen LogP contribution in [-0.2, 0) is 9.47 Å². The summed E-state index contributed by atoms with van der Waals surface area (Å²) in [6.45, 7) is 0.699. The maximum atomic E-state index is 5.95. The molecular formula is C16H14O2. The maximum Gasteiger partial charge on any atom is 0.0933 e. The fourth-order valence-electron chi connectivity index (χ4n) is 3.18. The van der Waals surface area contributed by atoms with Crippen LogP contribution < -0.4 is 0 Å². The Balaban J connectivity index is 1.94. The van der Waals surface area contributed by atoms with E-state index in [1.165, 1.54) is 16.7 Å². The van der Waals surface area contributed by atoms with E-state index in [0.717, 1.165) is 0 Å². The molecule has 0 bridgehead atoms. The van der Waals surface area contributed by atoms with Crippen molar-refractivity contribution in [1.82, 2.24) is 0 Å². The van der Waals surface area contributed by atoms with Gasteiger partial charge in [-0.3, -0.25) is 0 Å². The first-order valence-corrected chi connectivity index (χ1v) is 6.34. The number of hydrogen-bond donors (Lipinski definition) is 0. The third-order valence-electron chi connectivity index (χ3n) is 3.98. The molecule has 0 fully saturated rings. The molecule has 1 aromatic carbocycles. The summed E-state index contributed by atoms with van der Waals surface area (Å²) in [4.78, 5) is 0. The number of allylic oxidation sites excluding steroid dienone is 1. The summed E-state index contributed by atoms with van der Waals surface area (Å²) in [6, 6.07) is 8.57. The third-order valence-corrected chi connectivity index (χ3v) is 3.98. The third kappa shape index (κ3) is 1.33. The van der Waals surface area contributed by atoms with Gasteiger partial charge in [0.2, 0.25) is 0 Å². The van der Waals surface area contributed by atoms with E-state index in [4.69, 9.17) is 9.47 Å². The van der Waals surface area contributed by atoms with Gasteiger partial charge in [0, 0.05) is 11.8 Å². The summed E-state index contributed by atoms with van der Waals surface area (Å²) in [5.41, 5.74) is 3.97. The van der Waals surface area contributed by atoms with Crippen LogP contribution in [0.2, 0.25) is 0 Å². The Labute approximate surface area is 106 Å². The molecule has 3 unspecified atom stereocenters. The molecule has 3 atom stereocenters. The van der Waals surface area contributed by atoms with Crippen LogP contribution in [0.25, 0.3) is 0 Å². The minimum atomic E-state index is 0.142. The van der Waals surface area contributed by atoms with E-state index in [0.29, 0.717) is 18.4 Å². The van der Waals surface area contributed by atoms with Gasteiger partial charge in [0.1, 0.15) is 0 Å². The minimum Gasteiger partial charge on any atom is -0.473 e. The molecule has 2 heteroatoms. The second-order valence-electron chi connectivity index (χ2n) is 4.90. The predicted octanol–water partition coefficient (Wildman–Crippen LogP) is 3.46. The minimum absolute atomic E-state index is 0.142. The molecule has 0 N–H and O–H groups in total. The van der Waals surface area contributed by atoms with Crippen LogP contribution in [0.15, 0.2) is 60.6 Å². The van der Waals surface area contributed by atoms with Crippen LogP contribution in [0.4, 0.5) is 0 Å². The molecule has 0 saturated heterocycles. The van der Waals surface area contributed by atoms with Gasteiger partial charge < -0.3 is 9.47 Å². The van der Waals surface area contributed by atoms with E-state index in [2.05, 4.69) is 42.5 Å². The van der Waals surface area contributed by atoms with Crippen molar-refractivity contribution in [3.05, 3.63) is 71.7 Å². The fraction of sp³-hybridized carbons (Fsp3) is 0.250. The van der Waals surface area contributed by atoms with Gasteiger partial charge in [-0.1, -0.05) is 36.4 Å². The lowest BCUT2D eigenvalue weighted by Gasteiger charge is -2.40. The zero-order valence-electron chi connectivity index (χ0n) is 9.95. The first-order chi connectivity index (χ1) is 8.95. The van der Waals surface area contributed by atoms with Gasteiger partial charge >= 0.3 is 0 Å². The quantitative estimate of drug-likeness (QED) is 0.644. The summed E-state index contributed by atoms with van der Waals surface area (Å²) in [6.07, 6.45) is 10.3. The van der Waals surface area contributed by atoms with Crippen molar-refractivity contribution in [2.75, 3.05) is 6.61 Å². The van der Waals surface area contributed by atoms with Crippen LogP contribution in [0, 0.1) is 5.92 Å². The lowest BCUT2D eigenvalue weighted by Crippen LogP contribution is -2.29. The smallest absolute Gasteiger partial charge is 0.0933 e. The lowest BCUT2D eigenvalue weighted by atomic mass is 9.70. The second kappa shape index (κ2) is 3.85. The van der Waals surface area contributed by atoms with Gasteiger partial charge in [-0.15, -0.1) is 0 Å². The molecule has 1 aromatic rings. The Morgan fingerprint density at radius 1 is 1.06 bits per heavy atom. The Hall–Kier alpha value is -1.80. The monoisotopic (exact) mass is 238 g/mol. The first kappa shape index (κ1) is 10.2. The van der Waals surface area contributed by atoms with Crippen molar-refractivity contribution in [2.24, 2.45) is 5.92 Å². The van der Waals surface area contributed by atoms with Crippen LogP contribution in [0.3, 0.4) is 0 Å². The molecule has 0 spiro atoms. The average Bonchev–Trinajstić information content (AvgIpc) is 2.48. The molecule has 0 aromatic heterocycles. The molecule has 0 saturated carbocycles. The molecule has 2 nitrogen and oxygen atoms in total. The topological polar surface area (TPSA) is 18.5 Å². The number of rotatable bonds is 0. The standard InChI is InChI=1S/C16H14O2/c1-2-5-13-11(4-1)12-7-9-17-10-15(12)14-6-3-8-18-16(13)14/h1-7,9-10,12,14,16H,8H2. The highest BCUT2D eigenvalue weighted by atomic mass is 16.5. The summed E-state index contributed by atoms with van der Waals surface area (Å²) in [7, 11) is 0. The van der Waals surface area contributed by atoms with E-state index < -0.39 is 0 Å². The molecule has 90 valence electrons. The zero-order chi connectivity index (χ0) is 11.9. The molecule has 2 heterocycles. The van der Waals surface area contributed by atoms with E-state index in [9.17, 15) is 0 Å². The van der Waals surface area contributed by atoms with Crippen molar-refractivity contribution >= 4 is 0 Å². The molecule has 4 rings (SSSR count). The van der Waals surface area contributed by atoms with Crippen LogP contribution in [0.1, 0.15) is 23.1 Å². The molecule has 1 aliphatic carbocycles. The van der Waals surface area contributed by atoms with Crippen LogP contribution >= 0.6 is 0 Å². The summed E-state index contributed by atoms with van der Waals surface area (Å²) in [5.74, 6) is 0.645. The summed E-state index contributed by atoms with van der Waals surface area (Å²) in [5, 5.41) is 0. The zero-order valence-corrected chi connectivity index (χ0v) is 9.95. The van der Waals surface area contributed by atoms with E-state index in [1.807, 2.05) is 6.26 Å². The number of hydrogen-bond acceptors (Lipinski definition) is 2. The Bertz CT molecular complexity index is 568. The van der Waals surface area contributed by atoms with Crippen LogP contribution in [0.5, 0.6) is 0 Å². The highest BCUT2D eigenvalue weighted by molar-refractivity contribution is 5.48. The van der Waals surface area contributed by atoms with Crippen molar-refractivity contribution in [3.63, 3.8) is 0 Å². The lowest BCUT2D eigenvalue weighted by molar-refractivity contribution is 0.0353. The first-order valence-electron chi connectivity index (χ1n) is 6.34. The largest absolute Gasteiger partial charge is 0.473 e. The molecule has 0 amide bonds. The predicted molar refractivity (Wildman–Crippen MR) is 68.8 cm³/mol. The number of ether oxygens (including phenoxy) is 2. The van der Waals surface area contributed by atoms with Gasteiger partial charge in [0.15, 0.2) is 0 Å². The van der Waals surface area contributed by atoms with Gasteiger partial charge in [-0.25, -0.2) is 0 Å². The second-order valence-corrected chi connectivity index (χ2v) is 4.90. The number of benzene rings is 1. The van der Waals surface area contributed by atoms with Gasteiger partial charge in [0.05, 0.1) is 25.2 Å². The highest BCUT2D eigenvalue weighted by Crippen LogP contribution is 2.49. The van der Waals surface area contributed by atoms with Crippen molar-refractivity contribution in [1.29, 1.82) is 0 Å². The normalized spacial score (nSPS) is 31.8. The fourth-order valence-corrected chi connectivity index (χ4v) is 3.18. The molecule has 3 aliphatic rings. The summed E-state index contributed by atoms with van der Waals surface area (Å²) < 4.78 is 11.3. The van der Waals surface area contributed by atoms with Crippen molar-refractivity contribution in [2.45, 2.75) is 12.0 Å². The highest BCUT2D eigenvalue weighted by Gasteiger charge is 2.39. The van der Waals surface area contributed by atoms with E-state index >= 15 is 0 Å². The Morgan fingerprint density at radius 2 is 1.94 bits per heavy atom. The van der Waals surface area contributed by atoms with Gasteiger partial charge in [-0.2, -0.15) is 0 Å². The number of fused-ring (bicyclic) bond motifs is 6. The van der Waals surface area contributed by atoms with Gasteiger partial charge in [-0.05, 0) is 22.8 Å². The molecular weight excluding hydrogens is 224 g/mol. The summed E-state index contributed by atoms with van der Waals surface area (Å²) >= 11 is 0. The van der Waals surface area contributed by atoms with Crippen LogP contribution in [-0.4, -0.2) is 6.61 Å².